The van der Waals surface area contributed by atoms with Crippen LogP contribution in [0.3, 0.4) is 0 Å². The Kier molecular flexibility index (Phi) is 7.02. The lowest BCUT2D eigenvalue weighted by Gasteiger charge is -2.24. The molecule has 27 heavy (non-hydrogen) atoms. The standard InChI is InChI=1S/C21H28N2O3S/c1-16(2)15-22-21(24)13-14-23(19-9-5-17(3)6-10-19)27(25,26)20-11-7-18(4)8-12-20/h5-12,16H,13-15H2,1-4H3,(H,22,24). The molecule has 0 heterocycles. The van der Waals surface area contributed by atoms with Gasteiger partial charge in [0.05, 0.1) is 10.6 Å². The molecule has 2 rings (SSSR count). The maximum absolute atomic E-state index is 13.2. The van der Waals surface area contributed by atoms with Gasteiger partial charge >= 0.3 is 0 Å². The normalized spacial score (nSPS) is 11.4. The van der Waals surface area contributed by atoms with E-state index in [0.717, 1.165) is 11.1 Å². The highest BCUT2D eigenvalue weighted by Gasteiger charge is 2.25. The molecule has 0 aliphatic heterocycles. The van der Waals surface area contributed by atoms with Crippen LogP contribution in [0.25, 0.3) is 0 Å². The number of sulfonamides is 1. The van der Waals surface area contributed by atoms with Gasteiger partial charge in [-0.25, -0.2) is 8.42 Å². The van der Waals surface area contributed by atoms with Gasteiger partial charge in [0.25, 0.3) is 10.0 Å². The first-order valence-corrected chi connectivity index (χ1v) is 10.6. The average Bonchev–Trinajstić information content (AvgIpc) is 2.62. The first-order chi connectivity index (χ1) is 12.7. The molecular formula is C21H28N2O3S. The van der Waals surface area contributed by atoms with Gasteiger partial charge in [-0.1, -0.05) is 49.2 Å². The van der Waals surface area contributed by atoms with Crippen molar-refractivity contribution < 1.29 is 13.2 Å². The SMILES string of the molecule is Cc1ccc(N(CCC(=O)NCC(C)C)S(=O)(=O)c2ccc(C)cc2)cc1. The molecule has 0 fully saturated rings. The third kappa shape index (κ3) is 5.82. The van der Waals surface area contributed by atoms with Gasteiger partial charge in [0.1, 0.15) is 0 Å². The van der Waals surface area contributed by atoms with Crippen LogP contribution in [0.5, 0.6) is 0 Å². The maximum Gasteiger partial charge on any atom is 0.264 e. The molecule has 2 aromatic rings. The summed E-state index contributed by atoms with van der Waals surface area (Å²) in [7, 11) is -3.76. The van der Waals surface area contributed by atoms with E-state index in [-0.39, 0.29) is 23.8 Å². The number of benzene rings is 2. The van der Waals surface area contributed by atoms with Gasteiger partial charge in [-0.15, -0.1) is 0 Å². The summed E-state index contributed by atoms with van der Waals surface area (Å²) in [6.07, 6.45) is 0.103. The monoisotopic (exact) mass is 388 g/mol. The molecule has 1 N–H and O–H groups in total. The minimum absolute atomic E-state index is 0.0865. The number of anilines is 1. The number of carbonyl (C=O) groups excluding carboxylic acids is 1. The van der Waals surface area contributed by atoms with Crippen LogP contribution < -0.4 is 9.62 Å². The van der Waals surface area contributed by atoms with E-state index in [4.69, 9.17) is 0 Å². The molecule has 0 unspecified atom stereocenters. The Labute approximate surface area is 162 Å². The van der Waals surface area contributed by atoms with Gasteiger partial charge in [0, 0.05) is 19.5 Å². The van der Waals surface area contributed by atoms with Gasteiger partial charge in [0.15, 0.2) is 0 Å². The number of hydrogen-bond acceptors (Lipinski definition) is 3. The van der Waals surface area contributed by atoms with Gasteiger partial charge in [-0.3, -0.25) is 9.10 Å². The summed E-state index contributed by atoms with van der Waals surface area (Å²) in [5, 5.41) is 2.84. The van der Waals surface area contributed by atoms with E-state index in [9.17, 15) is 13.2 Å². The van der Waals surface area contributed by atoms with E-state index in [2.05, 4.69) is 5.32 Å². The highest BCUT2D eigenvalue weighted by atomic mass is 32.2. The number of hydrogen-bond donors (Lipinski definition) is 1. The third-order valence-corrected chi connectivity index (χ3v) is 6.02. The summed E-state index contributed by atoms with van der Waals surface area (Å²) in [6, 6.07) is 14.0. The van der Waals surface area contributed by atoms with Crippen LogP contribution in [0.15, 0.2) is 53.4 Å². The number of amides is 1. The van der Waals surface area contributed by atoms with Crippen LogP contribution in [0.2, 0.25) is 0 Å². The van der Waals surface area contributed by atoms with Gasteiger partial charge < -0.3 is 5.32 Å². The second kappa shape index (κ2) is 9.04. The fourth-order valence-electron chi connectivity index (χ4n) is 2.55. The van der Waals surface area contributed by atoms with Crippen molar-refractivity contribution in [2.75, 3.05) is 17.4 Å². The number of carbonyl (C=O) groups is 1. The maximum atomic E-state index is 13.2. The van der Waals surface area contributed by atoms with E-state index in [1.54, 1.807) is 36.4 Å². The molecule has 0 aromatic heterocycles. The number of rotatable bonds is 8. The largest absolute Gasteiger partial charge is 0.356 e. The lowest BCUT2D eigenvalue weighted by Crippen LogP contribution is -2.36. The molecule has 1 amide bonds. The van der Waals surface area contributed by atoms with Gasteiger partial charge in [-0.2, -0.15) is 0 Å². The molecule has 0 saturated carbocycles. The minimum Gasteiger partial charge on any atom is -0.356 e. The molecule has 2 aromatic carbocycles. The van der Waals surface area contributed by atoms with Crippen LogP contribution >= 0.6 is 0 Å². The van der Waals surface area contributed by atoms with E-state index in [1.165, 1.54) is 4.31 Å². The topological polar surface area (TPSA) is 66.5 Å². The number of aryl methyl sites for hydroxylation is 2. The molecule has 0 saturated heterocycles. The summed E-state index contributed by atoms with van der Waals surface area (Å²) in [5.74, 6) is 0.193. The number of nitrogens with zero attached hydrogens (tertiary/aromatic N) is 1. The van der Waals surface area contributed by atoms with Crippen molar-refractivity contribution in [3.8, 4) is 0 Å². The Morgan fingerprint density at radius 2 is 1.48 bits per heavy atom. The summed E-state index contributed by atoms with van der Waals surface area (Å²) in [5.41, 5.74) is 2.59. The quantitative estimate of drug-likeness (QED) is 0.750. The second-order valence-electron chi connectivity index (χ2n) is 7.17. The van der Waals surface area contributed by atoms with E-state index in [0.29, 0.717) is 18.2 Å². The Morgan fingerprint density at radius 3 is 2.00 bits per heavy atom. The van der Waals surface area contributed by atoms with Crippen molar-refractivity contribution in [2.24, 2.45) is 5.92 Å². The van der Waals surface area contributed by atoms with Crippen LogP contribution in [-0.2, 0) is 14.8 Å². The molecule has 6 heteroatoms. The van der Waals surface area contributed by atoms with E-state index < -0.39 is 10.0 Å². The van der Waals surface area contributed by atoms with Crippen LogP contribution in [0.1, 0.15) is 31.4 Å². The minimum atomic E-state index is -3.76. The third-order valence-electron chi connectivity index (χ3n) is 4.18. The first-order valence-electron chi connectivity index (χ1n) is 9.13. The molecule has 0 aliphatic carbocycles. The molecule has 0 bridgehead atoms. The van der Waals surface area contributed by atoms with Crippen molar-refractivity contribution >= 4 is 21.6 Å². The molecule has 5 nitrogen and oxygen atoms in total. The molecule has 0 atom stereocenters. The molecule has 146 valence electrons. The van der Waals surface area contributed by atoms with E-state index >= 15 is 0 Å². The van der Waals surface area contributed by atoms with Crippen molar-refractivity contribution in [2.45, 2.75) is 39.0 Å². The fourth-order valence-corrected chi connectivity index (χ4v) is 4.01. The smallest absolute Gasteiger partial charge is 0.264 e. The Bertz CT molecular complexity index is 857. The number of nitrogens with one attached hydrogen (secondary N) is 1. The summed E-state index contributed by atoms with van der Waals surface area (Å²) in [6.45, 7) is 8.55. The van der Waals surface area contributed by atoms with Crippen molar-refractivity contribution in [1.29, 1.82) is 0 Å². The van der Waals surface area contributed by atoms with Crippen molar-refractivity contribution in [3.63, 3.8) is 0 Å². The predicted molar refractivity (Wildman–Crippen MR) is 109 cm³/mol. The lowest BCUT2D eigenvalue weighted by atomic mass is 10.2. The second-order valence-corrected chi connectivity index (χ2v) is 9.04. The average molecular weight is 389 g/mol. The highest BCUT2D eigenvalue weighted by molar-refractivity contribution is 7.92. The van der Waals surface area contributed by atoms with Crippen molar-refractivity contribution in [1.82, 2.24) is 5.32 Å². The molecular weight excluding hydrogens is 360 g/mol. The van der Waals surface area contributed by atoms with Gasteiger partial charge in [0.2, 0.25) is 5.91 Å². The predicted octanol–water partition coefficient (Wildman–Crippen LogP) is 3.66. The summed E-state index contributed by atoms with van der Waals surface area (Å²) in [4.78, 5) is 12.3. The molecule has 0 spiro atoms. The summed E-state index contributed by atoms with van der Waals surface area (Å²) < 4.78 is 27.7. The Balaban J connectivity index is 2.28. The van der Waals surface area contributed by atoms with Crippen LogP contribution in [-0.4, -0.2) is 27.4 Å². The lowest BCUT2D eigenvalue weighted by molar-refractivity contribution is -0.121. The zero-order chi connectivity index (χ0) is 20.0. The van der Waals surface area contributed by atoms with E-state index in [1.807, 2.05) is 39.8 Å². The molecule has 0 aliphatic rings. The molecule has 0 radical (unpaired) electrons. The Morgan fingerprint density at radius 1 is 0.963 bits per heavy atom. The zero-order valence-electron chi connectivity index (χ0n) is 16.4. The van der Waals surface area contributed by atoms with Gasteiger partial charge in [-0.05, 0) is 44.0 Å². The summed E-state index contributed by atoms with van der Waals surface area (Å²) >= 11 is 0. The van der Waals surface area contributed by atoms with Crippen molar-refractivity contribution in [3.05, 3.63) is 59.7 Å². The van der Waals surface area contributed by atoms with Crippen LogP contribution in [0.4, 0.5) is 5.69 Å². The van der Waals surface area contributed by atoms with Crippen LogP contribution in [0, 0.1) is 19.8 Å². The zero-order valence-corrected chi connectivity index (χ0v) is 17.2. The highest BCUT2D eigenvalue weighted by Crippen LogP contribution is 2.24. The fraction of sp³-hybridized carbons (Fsp3) is 0.381. The first kappa shape index (κ1) is 21.0. The Hall–Kier alpha value is -2.34.